The summed E-state index contributed by atoms with van der Waals surface area (Å²) < 4.78 is 11.8. The Hall–Kier alpha value is -1.71. The molecule has 4 heteroatoms. The van der Waals surface area contributed by atoms with E-state index in [1.165, 1.54) is 18.4 Å². The summed E-state index contributed by atoms with van der Waals surface area (Å²) in [6, 6.07) is 6.11. The summed E-state index contributed by atoms with van der Waals surface area (Å²) in [7, 11) is 0. The Labute approximate surface area is 164 Å². The third kappa shape index (κ3) is 4.97. The predicted molar refractivity (Wildman–Crippen MR) is 110 cm³/mol. The quantitative estimate of drug-likeness (QED) is 0.641. The first-order valence-electron chi connectivity index (χ1n) is 10.3. The average Bonchev–Trinajstić information content (AvgIpc) is 2.96. The SMILES string of the molecule is CC(C)(C)OC(=O)N1CCc2cc(O[C@H]3CC[C@H](C(C)(C)C)CC3)ccc21. The van der Waals surface area contributed by atoms with Crippen molar-refractivity contribution in [3.05, 3.63) is 23.8 Å². The third-order valence-corrected chi connectivity index (χ3v) is 5.76. The fourth-order valence-corrected chi connectivity index (χ4v) is 4.20. The van der Waals surface area contributed by atoms with Crippen LogP contribution in [-0.2, 0) is 11.2 Å². The van der Waals surface area contributed by atoms with Gasteiger partial charge in [0.15, 0.2) is 0 Å². The molecule has 27 heavy (non-hydrogen) atoms. The second-order valence-corrected chi connectivity index (χ2v) is 10.1. The van der Waals surface area contributed by atoms with Crippen molar-refractivity contribution in [3.63, 3.8) is 0 Å². The molecule has 0 atom stereocenters. The highest BCUT2D eigenvalue weighted by atomic mass is 16.6. The molecule has 1 amide bonds. The van der Waals surface area contributed by atoms with Crippen LogP contribution in [0.3, 0.4) is 0 Å². The fourth-order valence-electron chi connectivity index (χ4n) is 4.20. The monoisotopic (exact) mass is 373 g/mol. The third-order valence-electron chi connectivity index (χ3n) is 5.76. The van der Waals surface area contributed by atoms with Gasteiger partial charge in [-0.25, -0.2) is 4.79 Å². The summed E-state index contributed by atoms with van der Waals surface area (Å²) in [5.74, 6) is 1.72. The van der Waals surface area contributed by atoms with Crippen molar-refractivity contribution in [2.24, 2.45) is 11.3 Å². The number of benzene rings is 1. The zero-order chi connectivity index (χ0) is 19.8. The van der Waals surface area contributed by atoms with E-state index in [2.05, 4.69) is 26.8 Å². The normalized spacial score (nSPS) is 23.1. The van der Waals surface area contributed by atoms with Gasteiger partial charge < -0.3 is 9.47 Å². The highest BCUT2D eigenvalue weighted by Gasteiger charge is 2.31. The summed E-state index contributed by atoms with van der Waals surface area (Å²) in [5.41, 5.74) is 2.04. The molecule has 1 saturated carbocycles. The van der Waals surface area contributed by atoms with Crippen molar-refractivity contribution in [3.8, 4) is 5.75 Å². The molecule has 0 aromatic heterocycles. The fraction of sp³-hybridized carbons (Fsp3) is 0.696. The predicted octanol–water partition coefficient (Wildman–Crippen LogP) is 5.97. The van der Waals surface area contributed by atoms with Gasteiger partial charge in [0.25, 0.3) is 0 Å². The van der Waals surface area contributed by atoms with Crippen LogP contribution in [0.15, 0.2) is 18.2 Å². The van der Waals surface area contributed by atoms with E-state index in [1.54, 1.807) is 4.90 Å². The topological polar surface area (TPSA) is 38.8 Å². The van der Waals surface area contributed by atoms with Crippen LogP contribution >= 0.6 is 0 Å². The second kappa shape index (κ2) is 7.37. The first kappa shape index (κ1) is 20.0. The molecule has 3 rings (SSSR count). The van der Waals surface area contributed by atoms with Gasteiger partial charge in [0.05, 0.1) is 11.8 Å². The Morgan fingerprint density at radius 1 is 1.04 bits per heavy atom. The molecule has 150 valence electrons. The number of nitrogens with zero attached hydrogens (tertiary/aromatic N) is 1. The van der Waals surface area contributed by atoms with E-state index in [0.29, 0.717) is 18.1 Å². The first-order valence-corrected chi connectivity index (χ1v) is 10.3. The zero-order valence-electron chi connectivity index (χ0n) is 17.8. The minimum absolute atomic E-state index is 0.268. The van der Waals surface area contributed by atoms with Gasteiger partial charge in [-0.05, 0) is 88.0 Å². The van der Waals surface area contributed by atoms with E-state index < -0.39 is 5.60 Å². The van der Waals surface area contributed by atoms with Gasteiger partial charge in [0, 0.05) is 6.54 Å². The Kier molecular flexibility index (Phi) is 5.47. The molecule has 1 fully saturated rings. The summed E-state index contributed by atoms with van der Waals surface area (Å²) in [5, 5.41) is 0. The van der Waals surface area contributed by atoms with Gasteiger partial charge in [-0.15, -0.1) is 0 Å². The van der Waals surface area contributed by atoms with Crippen LogP contribution in [0.2, 0.25) is 0 Å². The largest absolute Gasteiger partial charge is 0.490 e. The highest BCUT2D eigenvalue weighted by Crippen LogP contribution is 2.39. The number of ether oxygens (including phenoxy) is 2. The van der Waals surface area contributed by atoms with Gasteiger partial charge in [0.1, 0.15) is 11.4 Å². The van der Waals surface area contributed by atoms with Gasteiger partial charge >= 0.3 is 6.09 Å². The van der Waals surface area contributed by atoms with Gasteiger partial charge in [0.2, 0.25) is 0 Å². The molecule has 0 bridgehead atoms. The molecule has 1 aromatic rings. The highest BCUT2D eigenvalue weighted by molar-refractivity contribution is 5.90. The molecule has 1 aromatic carbocycles. The number of hydrogen-bond donors (Lipinski definition) is 0. The number of carbonyl (C=O) groups excluding carboxylic acids is 1. The lowest BCUT2D eigenvalue weighted by molar-refractivity contribution is 0.0584. The van der Waals surface area contributed by atoms with E-state index >= 15 is 0 Å². The van der Waals surface area contributed by atoms with Crippen LogP contribution in [0, 0.1) is 11.3 Å². The average molecular weight is 374 g/mol. The molecule has 0 saturated heterocycles. The van der Waals surface area contributed by atoms with Crippen LogP contribution in [0.4, 0.5) is 10.5 Å². The van der Waals surface area contributed by atoms with Gasteiger partial charge in [-0.2, -0.15) is 0 Å². The number of fused-ring (bicyclic) bond motifs is 1. The van der Waals surface area contributed by atoms with E-state index in [9.17, 15) is 4.79 Å². The lowest BCUT2D eigenvalue weighted by atomic mass is 9.72. The Morgan fingerprint density at radius 2 is 1.70 bits per heavy atom. The van der Waals surface area contributed by atoms with Crippen LogP contribution in [-0.4, -0.2) is 24.3 Å². The van der Waals surface area contributed by atoms with E-state index in [4.69, 9.17) is 9.47 Å². The molecule has 1 aliphatic heterocycles. The van der Waals surface area contributed by atoms with E-state index in [0.717, 1.165) is 36.6 Å². The smallest absolute Gasteiger partial charge is 0.414 e. The standard InChI is InChI=1S/C23H35NO3/c1-22(2,3)17-7-9-18(10-8-17)26-19-11-12-20-16(15-19)13-14-24(20)21(25)27-23(4,5)6/h11-12,15,17-18H,7-10,13-14H2,1-6H3/t17-,18-. The molecular weight excluding hydrogens is 338 g/mol. The Balaban J connectivity index is 1.60. The molecule has 4 nitrogen and oxygen atoms in total. The number of carbonyl (C=O) groups is 1. The molecule has 2 aliphatic rings. The summed E-state index contributed by atoms with van der Waals surface area (Å²) >= 11 is 0. The minimum Gasteiger partial charge on any atom is -0.490 e. The zero-order valence-corrected chi connectivity index (χ0v) is 17.8. The lowest BCUT2D eigenvalue weighted by Crippen LogP contribution is -2.35. The van der Waals surface area contributed by atoms with E-state index in [1.807, 2.05) is 32.9 Å². The van der Waals surface area contributed by atoms with Crippen molar-refractivity contribution in [2.75, 3.05) is 11.4 Å². The number of anilines is 1. The van der Waals surface area contributed by atoms with Crippen LogP contribution < -0.4 is 9.64 Å². The van der Waals surface area contributed by atoms with Crippen LogP contribution in [0.1, 0.15) is 72.8 Å². The van der Waals surface area contributed by atoms with Crippen molar-refractivity contribution in [2.45, 2.75) is 85.4 Å². The second-order valence-electron chi connectivity index (χ2n) is 10.1. The van der Waals surface area contributed by atoms with E-state index in [-0.39, 0.29) is 6.09 Å². The maximum Gasteiger partial charge on any atom is 0.414 e. The summed E-state index contributed by atoms with van der Waals surface area (Å²) in [6.45, 7) is 13.4. The number of rotatable bonds is 2. The summed E-state index contributed by atoms with van der Waals surface area (Å²) in [4.78, 5) is 14.1. The lowest BCUT2D eigenvalue weighted by Gasteiger charge is -2.37. The van der Waals surface area contributed by atoms with Crippen molar-refractivity contribution in [1.82, 2.24) is 0 Å². The maximum absolute atomic E-state index is 12.4. The van der Waals surface area contributed by atoms with Crippen molar-refractivity contribution < 1.29 is 14.3 Å². The van der Waals surface area contributed by atoms with Crippen molar-refractivity contribution >= 4 is 11.8 Å². The molecule has 1 heterocycles. The van der Waals surface area contributed by atoms with Crippen molar-refractivity contribution in [1.29, 1.82) is 0 Å². The minimum atomic E-state index is -0.477. The molecular formula is C23H35NO3. The molecule has 0 spiro atoms. The first-order chi connectivity index (χ1) is 12.5. The Bertz CT molecular complexity index is 676. The van der Waals surface area contributed by atoms with Crippen LogP contribution in [0.25, 0.3) is 0 Å². The molecule has 0 radical (unpaired) electrons. The van der Waals surface area contributed by atoms with Gasteiger partial charge in [-0.3, -0.25) is 4.90 Å². The molecule has 1 aliphatic carbocycles. The molecule has 0 N–H and O–H groups in total. The number of hydrogen-bond acceptors (Lipinski definition) is 3. The van der Waals surface area contributed by atoms with Gasteiger partial charge in [-0.1, -0.05) is 20.8 Å². The number of amides is 1. The summed E-state index contributed by atoms with van der Waals surface area (Å²) in [6.07, 6.45) is 5.63. The molecule has 0 unspecified atom stereocenters. The Morgan fingerprint density at radius 3 is 2.30 bits per heavy atom. The van der Waals surface area contributed by atoms with Crippen LogP contribution in [0.5, 0.6) is 5.75 Å². The maximum atomic E-state index is 12.4.